The molecule has 0 bridgehead atoms. The van der Waals surface area contributed by atoms with Gasteiger partial charge < -0.3 is 15.2 Å². The fraction of sp³-hybridized carbons (Fsp3) is 0.800. The lowest BCUT2D eigenvalue weighted by atomic mass is 10.2. The Morgan fingerprint density at radius 3 is 2.40 bits per heavy atom. The topological polar surface area (TPSA) is 78.6 Å². The van der Waals surface area contributed by atoms with Crippen molar-refractivity contribution in [1.29, 1.82) is 0 Å². The van der Waals surface area contributed by atoms with Crippen molar-refractivity contribution in [2.75, 3.05) is 13.2 Å². The lowest BCUT2D eigenvalue weighted by molar-refractivity contribution is -0.154. The Morgan fingerprint density at radius 2 is 1.93 bits per heavy atom. The van der Waals surface area contributed by atoms with E-state index in [1.54, 1.807) is 6.92 Å². The first-order valence-corrected chi connectivity index (χ1v) is 5.19. The molecule has 0 aliphatic carbocycles. The molecule has 1 atom stereocenters. The molecular weight excluding hydrogens is 198 g/mol. The predicted octanol–water partition coefficient (Wildman–Crippen LogP) is 0.610. The molecule has 88 valence electrons. The third-order valence-corrected chi connectivity index (χ3v) is 1.71. The molecule has 0 saturated heterocycles. The molecule has 0 amide bonds. The van der Waals surface area contributed by atoms with Gasteiger partial charge in [0, 0.05) is 13.0 Å². The Morgan fingerprint density at radius 1 is 1.27 bits per heavy atom. The maximum absolute atomic E-state index is 11.2. The first-order valence-electron chi connectivity index (χ1n) is 5.19. The zero-order valence-electron chi connectivity index (χ0n) is 9.32. The Bertz CT molecular complexity index is 206. The second-order valence-corrected chi connectivity index (χ2v) is 3.13. The van der Waals surface area contributed by atoms with Crippen molar-refractivity contribution in [2.45, 2.75) is 39.2 Å². The highest BCUT2D eigenvalue weighted by Crippen LogP contribution is 2.01. The van der Waals surface area contributed by atoms with Gasteiger partial charge in [0.05, 0.1) is 13.0 Å². The molecule has 5 heteroatoms. The number of esters is 2. The number of ether oxygens (including phenoxy) is 2. The second kappa shape index (κ2) is 8.23. The van der Waals surface area contributed by atoms with Crippen molar-refractivity contribution in [3.63, 3.8) is 0 Å². The zero-order chi connectivity index (χ0) is 11.7. The summed E-state index contributed by atoms with van der Waals surface area (Å²) >= 11 is 0. The summed E-state index contributed by atoms with van der Waals surface area (Å²) in [4.78, 5) is 22.1. The van der Waals surface area contributed by atoms with E-state index in [2.05, 4.69) is 0 Å². The van der Waals surface area contributed by atoms with Crippen molar-refractivity contribution < 1.29 is 19.1 Å². The van der Waals surface area contributed by atoms with Crippen LogP contribution in [-0.4, -0.2) is 31.2 Å². The van der Waals surface area contributed by atoms with E-state index in [1.165, 1.54) is 0 Å². The van der Waals surface area contributed by atoms with Crippen molar-refractivity contribution in [3.05, 3.63) is 0 Å². The normalized spacial score (nSPS) is 11.9. The second-order valence-electron chi connectivity index (χ2n) is 3.13. The van der Waals surface area contributed by atoms with Gasteiger partial charge in [-0.15, -0.1) is 0 Å². The van der Waals surface area contributed by atoms with Crippen LogP contribution in [0.15, 0.2) is 0 Å². The van der Waals surface area contributed by atoms with Gasteiger partial charge in [0.2, 0.25) is 0 Å². The fourth-order valence-electron chi connectivity index (χ4n) is 0.903. The minimum atomic E-state index is -0.568. The summed E-state index contributed by atoms with van der Waals surface area (Å²) in [7, 11) is 0. The highest BCUT2D eigenvalue weighted by atomic mass is 16.6. The largest absolute Gasteiger partial charge is 0.466 e. The van der Waals surface area contributed by atoms with E-state index >= 15 is 0 Å². The number of carbonyl (C=O) groups is 2. The van der Waals surface area contributed by atoms with E-state index in [-0.39, 0.29) is 31.3 Å². The third-order valence-electron chi connectivity index (χ3n) is 1.71. The maximum atomic E-state index is 11.2. The van der Waals surface area contributed by atoms with Crippen LogP contribution in [0.4, 0.5) is 0 Å². The number of hydrogen-bond donors (Lipinski definition) is 1. The van der Waals surface area contributed by atoms with Gasteiger partial charge in [0.15, 0.2) is 0 Å². The van der Waals surface area contributed by atoms with Crippen LogP contribution in [0.2, 0.25) is 0 Å². The van der Waals surface area contributed by atoms with E-state index < -0.39 is 6.10 Å². The first-order chi connectivity index (χ1) is 7.13. The van der Waals surface area contributed by atoms with Crippen LogP contribution < -0.4 is 5.73 Å². The average Bonchev–Trinajstić information content (AvgIpc) is 2.25. The van der Waals surface area contributed by atoms with Gasteiger partial charge >= 0.3 is 11.9 Å². The van der Waals surface area contributed by atoms with E-state index in [1.807, 2.05) is 6.92 Å². The molecule has 0 aromatic rings. The standard InChI is InChI=1S/C10H19NO4/c1-3-5-14-10(13)6-8(7-11)15-9(12)4-2/h8H,3-7,11H2,1-2H3/t8-/m1/s1. The van der Waals surface area contributed by atoms with Crippen LogP contribution in [0.3, 0.4) is 0 Å². The SMILES string of the molecule is CCCOC(=O)C[C@H](CN)OC(=O)CC. The zero-order valence-corrected chi connectivity index (χ0v) is 9.32. The minimum Gasteiger partial charge on any atom is -0.466 e. The lowest BCUT2D eigenvalue weighted by Crippen LogP contribution is -2.29. The highest BCUT2D eigenvalue weighted by Gasteiger charge is 2.16. The van der Waals surface area contributed by atoms with Gasteiger partial charge in [-0.25, -0.2) is 0 Å². The summed E-state index contributed by atoms with van der Waals surface area (Å²) in [6, 6.07) is 0. The molecule has 0 aromatic carbocycles. The molecule has 2 N–H and O–H groups in total. The van der Waals surface area contributed by atoms with Crippen molar-refractivity contribution in [3.8, 4) is 0 Å². The highest BCUT2D eigenvalue weighted by molar-refractivity contribution is 5.72. The summed E-state index contributed by atoms with van der Waals surface area (Å²) < 4.78 is 9.79. The molecule has 15 heavy (non-hydrogen) atoms. The summed E-state index contributed by atoms with van der Waals surface area (Å²) in [5.41, 5.74) is 5.37. The molecule has 0 unspecified atom stereocenters. The van der Waals surface area contributed by atoms with Crippen LogP contribution in [0.25, 0.3) is 0 Å². The van der Waals surface area contributed by atoms with E-state index in [9.17, 15) is 9.59 Å². The van der Waals surface area contributed by atoms with Crippen LogP contribution >= 0.6 is 0 Å². The molecule has 0 saturated carbocycles. The molecule has 0 spiro atoms. The number of nitrogens with two attached hydrogens (primary N) is 1. The van der Waals surface area contributed by atoms with Crippen molar-refractivity contribution in [1.82, 2.24) is 0 Å². The van der Waals surface area contributed by atoms with Crippen LogP contribution in [-0.2, 0) is 19.1 Å². The Hall–Kier alpha value is -1.10. The molecule has 0 aromatic heterocycles. The number of carbonyl (C=O) groups excluding carboxylic acids is 2. The van der Waals surface area contributed by atoms with Gasteiger partial charge in [-0.05, 0) is 6.42 Å². The Labute approximate surface area is 89.9 Å². The molecule has 0 aliphatic heterocycles. The third kappa shape index (κ3) is 6.90. The first kappa shape index (κ1) is 13.9. The predicted molar refractivity (Wildman–Crippen MR) is 55.1 cm³/mol. The van der Waals surface area contributed by atoms with Gasteiger partial charge in [0.1, 0.15) is 6.10 Å². The molecule has 0 radical (unpaired) electrons. The Kier molecular flexibility index (Phi) is 7.62. The molecule has 0 heterocycles. The summed E-state index contributed by atoms with van der Waals surface area (Å²) in [5.74, 6) is -0.732. The summed E-state index contributed by atoms with van der Waals surface area (Å²) in [6.45, 7) is 4.11. The smallest absolute Gasteiger partial charge is 0.309 e. The summed E-state index contributed by atoms with van der Waals surface area (Å²) in [6.07, 6.45) is 0.512. The Balaban J connectivity index is 3.87. The molecular formula is C10H19NO4. The van der Waals surface area contributed by atoms with Gasteiger partial charge in [-0.1, -0.05) is 13.8 Å². The van der Waals surface area contributed by atoms with E-state index in [0.29, 0.717) is 6.61 Å². The number of rotatable bonds is 7. The van der Waals surface area contributed by atoms with Crippen molar-refractivity contribution >= 4 is 11.9 Å². The molecule has 0 fully saturated rings. The van der Waals surface area contributed by atoms with Crippen LogP contribution in [0.5, 0.6) is 0 Å². The van der Waals surface area contributed by atoms with Gasteiger partial charge in [0.25, 0.3) is 0 Å². The fourth-order valence-corrected chi connectivity index (χ4v) is 0.903. The quantitative estimate of drug-likeness (QED) is 0.632. The monoisotopic (exact) mass is 217 g/mol. The van der Waals surface area contributed by atoms with E-state index in [0.717, 1.165) is 6.42 Å². The lowest BCUT2D eigenvalue weighted by Gasteiger charge is -2.14. The van der Waals surface area contributed by atoms with E-state index in [4.69, 9.17) is 15.2 Å². The minimum absolute atomic E-state index is 0.0300. The van der Waals surface area contributed by atoms with Crippen LogP contribution in [0.1, 0.15) is 33.1 Å². The average molecular weight is 217 g/mol. The van der Waals surface area contributed by atoms with Gasteiger partial charge in [-0.2, -0.15) is 0 Å². The molecule has 0 rings (SSSR count). The maximum Gasteiger partial charge on any atom is 0.309 e. The molecule has 5 nitrogen and oxygen atoms in total. The van der Waals surface area contributed by atoms with Crippen molar-refractivity contribution in [2.24, 2.45) is 5.73 Å². The summed E-state index contributed by atoms with van der Waals surface area (Å²) in [5, 5.41) is 0. The number of hydrogen-bond acceptors (Lipinski definition) is 5. The van der Waals surface area contributed by atoms with Crippen LogP contribution in [0, 0.1) is 0 Å². The molecule has 0 aliphatic rings. The van der Waals surface area contributed by atoms with Gasteiger partial charge in [-0.3, -0.25) is 9.59 Å².